The maximum absolute atomic E-state index is 12.0. The number of benzene rings is 1. The first kappa shape index (κ1) is 12.9. The molecule has 1 aromatic carbocycles. The Morgan fingerprint density at radius 3 is 3.06 bits per heavy atom. The smallest absolute Gasteiger partial charge is 0.248 e. The van der Waals surface area contributed by atoms with Crippen LogP contribution in [0.1, 0.15) is 24.1 Å². The standard InChI is InChI=1S/C12H15N3O2Si/c1-17-18-9-5-4-8-12(16)15-11-7-3-2-6-10(11)13-14-15/h2-3,6-7H,4-5,8-9H2,1H3. The van der Waals surface area contributed by atoms with E-state index in [4.69, 9.17) is 4.43 Å². The molecule has 2 rings (SSSR count). The summed E-state index contributed by atoms with van der Waals surface area (Å²) in [5, 5.41) is 7.88. The van der Waals surface area contributed by atoms with E-state index in [0.29, 0.717) is 16.2 Å². The van der Waals surface area contributed by atoms with Gasteiger partial charge in [-0.2, -0.15) is 4.68 Å². The number of para-hydroxylation sites is 1. The maximum atomic E-state index is 12.0. The Morgan fingerprint density at radius 2 is 2.22 bits per heavy atom. The van der Waals surface area contributed by atoms with Gasteiger partial charge in [-0.3, -0.25) is 4.79 Å². The monoisotopic (exact) mass is 261 g/mol. The van der Waals surface area contributed by atoms with E-state index in [-0.39, 0.29) is 5.91 Å². The van der Waals surface area contributed by atoms with Gasteiger partial charge in [-0.1, -0.05) is 23.8 Å². The Hall–Kier alpha value is -1.53. The fraction of sp³-hybridized carbons (Fsp3) is 0.417. The minimum absolute atomic E-state index is 0.00412. The van der Waals surface area contributed by atoms with Gasteiger partial charge in [0.05, 0.1) is 5.52 Å². The number of carbonyl (C=O) groups excluding carboxylic acids is 1. The predicted octanol–water partition coefficient (Wildman–Crippen LogP) is 1.93. The molecular weight excluding hydrogens is 246 g/mol. The van der Waals surface area contributed by atoms with Gasteiger partial charge in [0.2, 0.25) is 15.7 Å². The summed E-state index contributed by atoms with van der Waals surface area (Å²) >= 11 is 0. The maximum Gasteiger partial charge on any atom is 0.248 e. The second kappa shape index (κ2) is 6.41. The van der Waals surface area contributed by atoms with E-state index in [0.717, 1.165) is 29.9 Å². The molecule has 0 N–H and O–H groups in total. The van der Waals surface area contributed by atoms with Gasteiger partial charge >= 0.3 is 0 Å². The number of fused-ring (bicyclic) bond motifs is 1. The molecule has 0 fully saturated rings. The van der Waals surface area contributed by atoms with E-state index in [1.54, 1.807) is 7.11 Å². The quantitative estimate of drug-likeness (QED) is 0.589. The number of nitrogens with zero attached hydrogens (tertiary/aromatic N) is 3. The van der Waals surface area contributed by atoms with Crippen LogP contribution in [-0.4, -0.2) is 37.8 Å². The average molecular weight is 261 g/mol. The summed E-state index contributed by atoms with van der Waals surface area (Å²) in [6, 6.07) is 8.50. The highest BCUT2D eigenvalue weighted by Crippen LogP contribution is 2.11. The fourth-order valence-corrected chi connectivity index (χ4v) is 2.33. The van der Waals surface area contributed by atoms with Gasteiger partial charge in [0.1, 0.15) is 5.52 Å². The molecule has 18 heavy (non-hydrogen) atoms. The van der Waals surface area contributed by atoms with E-state index < -0.39 is 0 Å². The Morgan fingerprint density at radius 1 is 1.39 bits per heavy atom. The van der Waals surface area contributed by atoms with Crippen LogP contribution in [0.2, 0.25) is 6.04 Å². The molecule has 2 aromatic rings. The van der Waals surface area contributed by atoms with E-state index in [2.05, 4.69) is 10.3 Å². The Kier molecular flexibility index (Phi) is 4.60. The van der Waals surface area contributed by atoms with Crippen molar-refractivity contribution in [1.29, 1.82) is 0 Å². The normalized spacial score (nSPS) is 10.9. The second-order valence-electron chi connectivity index (χ2n) is 3.94. The lowest BCUT2D eigenvalue weighted by atomic mass is 10.2. The molecule has 0 amide bonds. The van der Waals surface area contributed by atoms with Crippen molar-refractivity contribution >= 4 is 26.7 Å². The lowest BCUT2D eigenvalue weighted by molar-refractivity contribution is 0.0887. The van der Waals surface area contributed by atoms with Crippen LogP contribution in [0, 0.1) is 0 Å². The van der Waals surface area contributed by atoms with E-state index >= 15 is 0 Å². The minimum Gasteiger partial charge on any atom is -0.421 e. The molecule has 1 aromatic heterocycles. The summed E-state index contributed by atoms with van der Waals surface area (Å²) in [6.07, 6.45) is 2.37. The molecule has 94 valence electrons. The summed E-state index contributed by atoms with van der Waals surface area (Å²) in [4.78, 5) is 12.0. The molecular formula is C12H15N3O2Si. The van der Waals surface area contributed by atoms with E-state index in [9.17, 15) is 4.79 Å². The molecule has 5 nitrogen and oxygen atoms in total. The summed E-state index contributed by atoms with van der Waals surface area (Å²) in [5.74, 6) is 0.00412. The molecule has 0 aliphatic heterocycles. The van der Waals surface area contributed by atoms with Gasteiger partial charge < -0.3 is 4.43 Å². The van der Waals surface area contributed by atoms with Gasteiger partial charge in [0.25, 0.3) is 0 Å². The fourth-order valence-electron chi connectivity index (χ4n) is 1.73. The topological polar surface area (TPSA) is 57.0 Å². The SMILES string of the molecule is CO[Si]CCCCC(=O)n1nnc2ccccc21. The molecule has 0 atom stereocenters. The van der Waals surface area contributed by atoms with Gasteiger partial charge in [0, 0.05) is 13.5 Å². The van der Waals surface area contributed by atoms with Crippen molar-refractivity contribution in [2.45, 2.75) is 25.3 Å². The molecule has 6 heteroatoms. The molecule has 0 aliphatic carbocycles. The molecule has 0 saturated carbocycles. The van der Waals surface area contributed by atoms with Crippen molar-refractivity contribution in [2.75, 3.05) is 7.11 Å². The van der Waals surface area contributed by atoms with Gasteiger partial charge in [0.15, 0.2) is 0 Å². The second-order valence-corrected chi connectivity index (χ2v) is 5.14. The van der Waals surface area contributed by atoms with Crippen LogP contribution in [0.4, 0.5) is 0 Å². The van der Waals surface area contributed by atoms with Gasteiger partial charge in [-0.05, 0) is 24.6 Å². The highest BCUT2D eigenvalue weighted by Gasteiger charge is 2.10. The molecule has 0 saturated heterocycles. The number of hydrogen-bond donors (Lipinski definition) is 0. The van der Waals surface area contributed by atoms with Crippen molar-refractivity contribution in [3.05, 3.63) is 24.3 Å². The van der Waals surface area contributed by atoms with Crippen LogP contribution >= 0.6 is 0 Å². The highest BCUT2D eigenvalue weighted by atomic mass is 28.2. The van der Waals surface area contributed by atoms with Crippen LogP contribution < -0.4 is 0 Å². The molecule has 0 aliphatic rings. The van der Waals surface area contributed by atoms with Crippen LogP contribution in [-0.2, 0) is 4.43 Å². The third kappa shape index (κ3) is 3.02. The van der Waals surface area contributed by atoms with Crippen LogP contribution in [0.15, 0.2) is 24.3 Å². The predicted molar refractivity (Wildman–Crippen MR) is 69.6 cm³/mol. The largest absolute Gasteiger partial charge is 0.421 e. The average Bonchev–Trinajstić information content (AvgIpc) is 2.82. The number of carbonyl (C=O) groups is 1. The van der Waals surface area contributed by atoms with Crippen molar-refractivity contribution in [2.24, 2.45) is 0 Å². The molecule has 0 bridgehead atoms. The third-order valence-electron chi connectivity index (χ3n) is 2.65. The molecule has 1 heterocycles. The van der Waals surface area contributed by atoms with E-state index in [1.807, 2.05) is 24.3 Å². The van der Waals surface area contributed by atoms with Crippen molar-refractivity contribution < 1.29 is 9.22 Å². The first-order valence-electron chi connectivity index (χ1n) is 5.92. The number of unbranched alkanes of at least 4 members (excludes halogenated alkanes) is 1. The van der Waals surface area contributed by atoms with Crippen molar-refractivity contribution in [1.82, 2.24) is 15.0 Å². The van der Waals surface area contributed by atoms with Gasteiger partial charge in [-0.15, -0.1) is 5.10 Å². The molecule has 0 unspecified atom stereocenters. The summed E-state index contributed by atoms with van der Waals surface area (Å²) in [6.45, 7) is 0. The van der Waals surface area contributed by atoms with Gasteiger partial charge in [-0.25, -0.2) is 0 Å². The third-order valence-corrected chi connectivity index (χ3v) is 3.50. The first-order chi connectivity index (χ1) is 8.83. The molecule has 0 spiro atoms. The Labute approximate surface area is 108 Å². The lowest BCUT2D eigenvalue weighted by Crippen LogP contribution is -2.12. The Balaban J connectivity index is 1.93. The summed E-state index contributed by atoms with van der Waals surface area (Å²) in [5.41, 5.74) is 1.54. The van der Waals surface area contributed by atoms with Crippen LogP contribution in [0.5, 0.6) is 0 Å². The number of aromatic nitrogens is 3. The van der Waals surface area contributed by atoms with E-state index in [1.165, 1.54) is 4.68 Å². The van der Waals surface area contributed by atoms with Crippen molar-refractivity contribution in [3.8, 4) is 0 Å². The number of rotatable bonds is 6. The summed E-state index contributed by atoms with van der Waals surface area (Å²) < 4.78 is 6.39. The zero-order chi connectivity index (χ0) is 12.8. The zero-order valence-corrected chi connectivity index (χ0v) is 11.3. The highest BCUT2D eigenvalue weighted by molar-refractivity contribution is 6.26. The lowest BCUT2D eigenvalue weighted by Gasteiger charge is -2.01. The zero-order valence-electron chi connectivity index (χ0n) is 10.3. The minimum atomic E-state index is 0.00412. The molecule has 2 radical (unpaired) electrons. The van der Waals surface area contributed by atoms with Crippen LogP contribution in [0.3, 0.4) is 0 Å². The Bertz CT molecular complexity index is 527. The van der Waals surface area contributed by atoms with Crippen molar-refractivity contribution in [3.63, 3.8) is 0 Å². The van der Waals surface area contributed by atoms with Crippen LogP contribution in [0.25, 0.3) is 11.0 Å². The first-order valence-corrected chi connectivity index (χ1v) is 7.04. The number of hydrogen-bond acceptors (Lipinski definition) is 4. The summed E-state index contributed by atoms with van der Waals surface area (Å²) in [7, 11) is 2.23.